The minimum atomic E-state index is 0.256. The summed E-state index contributed by atoms with van der Waals surface area (Å²) in [5.74, 6) is 0.276. The van der Waals surface area contributed by atoms with Gasteiger partial charge in [0.25, 0.3) is 0 Å². The standard InChI is InChI=1S/C28H44O/c1-2-3-4-5-6-7-8-9-10-11-12-13-14-15-20-26(24-29)28-23-18-21-25-19-16-17-22-27(25)28/h16-19,21-23,26,29H,2-15,20,24H2,1H3. The Hall–Kier alpha value is -1.34. The summed E-state index contributed by atoms with van der Waals surface area (Å²) < 4.78 is 0. The van der Waals surface area contributed by atoms with Crippen molar-refractivity contribution in [3.8, 4) is 0 Å². The van der Waals surface area contributed by atoms with Crippen molar-refractivity contribution in [3.05, 3.63) is 48.0 Å². The zero-order valence-corrected chi connectivity index (χ0v) is 18.9. The van der Waals surface area contributed by atoms with Crippen LogP contribution >= 0.6 is 0 Å². The van der Waals surface area contributed by atoms with E-state index >= 15 is 0 Å². The van der Waals surface area contributed by atoms with Crippen LogP contribution in [0.15, 0.2) is 42.5 Å². The Kier molecular flexibility index (Phi) is 12.8. The van der Waals surface area contributed by atoms with Gasteiger partial charge in [0.05, 0.1) is 0 Å². The molecule has 2 aromatic carbocycles. The Labute approximate surface area is 179 Å². The summed E-state index contributed by atoms with van der Waals surface area (Å²) in [6.45, 7) is 2.54. The summed E-state index contributed by atoms with van der Waals surface area (Å²) >= 11 is 0. The van der Waals surface area contributed by atoms with Crippen molar-refractivity contribution in [2.24, 2.45) is 0 Å². The Bertz CT molecular complexity index is 642. The molecular formula is C28H44O. The maximum Gasteiger partial charge on any atom is 0.0499 e. The molecule has 0 aliphatic carbocycles. The van der Waals surface area contributed by atoms with Gasteiger partial charge in [-0.05, 0) is 22.8 Å². The third-order valence-electron chi connectivity index (χ3n) is 6.39. The maximum atomic E-state index is 9.94. The summed E-state index contributed by atoms with van der Waals surface area (Å²) in [6, 6.07) is 15.1. The van der Waals surface area contributed by atoms with Gasteiger partial charge in [-0.25, -0.2) is 0 Å². The molecule has 29 heavy (non-hydrogen) atoms. The molecule has 0 saturated heterocycles. The second-order valence-corrected chi connectivity index (χ2v) is 8.83. The van der Waals surface area contributed by atoms with Crippen LogP contribution in [0.2, 0.25) is 0 Å². The van der Waals surface area contributed by atoms with Crippen LogP contribution < -0.4 is 0 Å². The van der Waals surface area contributed by atoms with E-state index in [0.29, 0.717) is 0 Å². The molecule has 1 unspecified atom stereocenters. The number of rotatable bonds is 17. The monoisotopic (exact) mass is 396 g/mol. The number of unbranched alkanes of at least 4 members (excludes halogenated alkanes) is 13. The first kappa shape index (κ1) is 23.9. The molecule has 1 atom stereocenters. The summed E-state index contributed by atoms with van der Waals surface area (Å²) in [6.07, 6.45) is 20.6. The largest absolute Gasteiger partial charge is 0.396 e. The number of aliphatic hydroxyl groups is 1. The smallest absolute Gasteiger partial charge is 0.0499 e. The van der Waals surface area contributed by atoms with Crippen molar-refractivity contribution in [2.45, 2.75) is 109 Å². The van der Waals surface area contributed by atoms with Gasteiger partial charge in [-0.15, -0.1) is 0 Å². The predicted octanol–water partition coefficient (Wildman–Crippen LogP) is 8.79. The topological polar surface area (TPSA) is 20.2 Å². The highest BCUT2D eigenvalue weighted by molar-refractivity contribution is 5.86. The molecule has 1 heteroatoms. The molecule has 1 N–H and O–H groups in total. The van der Waals surface area contributed by atoms with Crippen LogP contribution in [0, 0.1) is 0 Å². The first-order valence-corrected chi connectivity index (χ1v) is 12.4. The van der Waals surface area contributed by atoms with Gasteiger partial charge in [0.15, 0.2) is 0 Å². The van der Waals surface area contributed by atoms with Gasteiger partial charge in [0.1, 0.15) is 0 Å². The van der Waals surface area contributed by atoms with E-state index in [2.05, 4.69) is 49.4 Å². The first-order chi connectivity index (χ1) is 14.4. The minimum absolute atomic E-state index is 0.256. The lowest BCUT2D eigenvalue weighted by Crippen LogP contribution is -2.05. The molecule has 0 spiro atoms. The van der Waals surface area contributed by atoms with Crippen LogP contribution in [0.5, 0.6) is 0 Å². The maximum absolute atomic E-state index is 9.94. The van der Waals surface area contributed by atoms with Gasteiger partial charge >= 0.3 is 0 Å². The fourth-order valence-electron chi connectivity index (χ4n) is 4.54. The van der Waals surface area contributed by atoms with Crippen molar-refractivity contribution in [3.63, 3.8) is 0 Å². The fraction of sp³-hybridized carbons (Fsp3) is 0.643. The second kappa shape index (κ2) is 15.5. The van der Waals surface area contributed by atoms with E-state index in [1.807, 2.05) is 0 Å². The number of benzene rings is 2. The van der Waals surface area contributed by atoms with Gasteiger partial charge in [0.2, 0.25) is 0 Å². The normalized spacial score (nSPS) is 12.5. The van der Waals surface area contributed by atoms with E-state index in [1.54, 1.807) is 0 Å². The Morgan fingerprint density at radius 2 is 1.14 bits per heavy atom. The Morgan fingerprint density at radius 1 is 0.621 bits per heavy atom. The molecule has 0 fully saturated rings. The quantitative estimate of drug-likeness (QED) is 0.265. The highest BCUT2D eigenvalue weighted by Crippen LogP contribution is 2.29. The second-order valence-electron chi connectivity index (χ2n) is 8.83. The summed E-state index contributed by atoms with van der Waals surface area (Å²) in [5, 5.41) is 12.5. The van der Waals surface area contributed by atoms with Crippen molar-refractivity contribution in [1.29, 1.82) is 0 Å². The summed E-state index contributed by atoms with van der Waals surface area (Å²) in [4.78, 5) is 0. The third-order valence-corrected chi connectivity index (χ3v) is 6.39. The molecule has 1 nitrogen and oxygen atoms in total. The fourth-order valence-corrected chi connectivity index (χ4v) is 4.54. The van der Waals surface area contributed by atoms with Crippen LogP contribution in [0.4, 0.5) is 0 Å². The Morgan fingerprint density at radius 3 is 1.72 bits per heavy atom. The minimum Gasteiger partial charge on any atom is -0.396 e. The van der Waals surface area contributed by atoms with Crippen molar-refractivity contribution in [2.75, 3.05) is 6.61 Å². The van der Waals surface area contributed by atoms with Gasteiger partial charge < -0.3 is 5.11 Å². The average molecular weight is 397 g/mol. The number of aliphatic hydroxyl groups excluding tert-OH is 1. The van der Waals surface area contributed by atoms with Crippen LogP contribution in [-0.4, -0.2) is 11.7 Å². The average Bonchev–Trinajstić information content (AvgIpc) is 2.76. The molecule has 0 saturated carbocycles. The predicted molar refractivity (Wildman–Crippen MR) is 129 cm³/mol. The first-order valence-electron chi connectivity index (χ1n) is 12.4. The van der Waals surface area contributed by atoms with E-state index in [9.17, 15) is 5.11 Å². The van der Waals surface area contributed by atoms with Crippen LogP contribution in [0.1, 0.15) is 115 Å². The molecule has 2 aromatic rings. The lowest BCUT2D eigenvalue weighted by Gasteiger charge is -2.17. The van der Waals surface area contributed by atoms with E-state index in [-0.39, 0.29) is 12.5 Å². The molecular weight excluding hydrogens is 352 g/mol. The highest BCUT2D eigenvalue weighted by atomic mass is 16.3. The molecule has 0 bridgehead atoms. The molecule has 2 rings (SSSR count). The molecule has 0 aromatic heterocycles. The molecule has 0 aliphatic rings. The van der Waals surface area contributed by atoms with E-state index in [0.717, 1.165) is 6.42 Å². The number of fused-ring (bicyclic) bond motifs is 1. The molecule has 0 radical (unpaired) electrons. The molecule has 0 heterocycles. The summed E-state index contributed by atoms with van der Waals surface area (Å²) in [5.41, 5.74) is 1.32. The van der Waals surface area contributed by atoms with Crippen LogP contribution in [-0.2, 0) is 0 Å². The molecule has 162 valence electrons. The number of hydrogen-bond acceptors (Lipinski definition) is 1. The highest BCUT2D eigenvalue weighted by Gasteiger charge is 2.13. The lowest BCUT2D eigenvalue weighted by atomic mass is 9.90. The zero-order chi connectivity index (χ0) is 20.6. The number of hydrogen-bond donors (Lipinski definition) is 1. The van der Waals surface area contributed by atoms with Crippen molar-refractivity contribution in [1.82, 2.24) is 0 Å². The lowest BCUT2D eigenvalue weighted by molar-refractivity contribution is 0.257. The van der Waals surface area contributed by atoms with Crippen molar-refractivity contribution >= 4 is 10.8 Å². The van der Waals surface area contributed by atoms with Crippen molar-refractivity contribution < 1.29 is 5.11 Å². The molecule has 0 amide bonds. The van der Waals surface area contributed by atoms with Gasteiger partial charge in [0, 0.05) is 12.5 Å². The SMILES string of the molecule is CCCCCCCCCCCCCCCCC(CO)c1cccc2ccccc12. The Balaban J connectivity index is 1.51. The van der Waals surface area contributed by atoms with E-state index in [4.69, 9.17) is 0 Å². The van der Waals surface area contributed by atoms with E-state index in [1.165, 1.54) is 106 Å². The molecule has 0 aliphatic heterocycles. The van der Waals surface area contributed by atoms with Crippen LogP contribution in [0.25, 0.3) is 10.8 Å². The van der Waals surface area contributed by atoms with Crippen LogP contribution in [0.3, 0.4) is 0 Å². The summed E-state index contributed by atoms with van der Waals surface area (Å²) in [7, 11) is 0. The zero-order valence-electron chi connectivity index (χ0n) is 18.9. The van der Waals surface area contributed by atoms with E-state index < -0.39 is 0 Å². The van der Waals surface area contributed by atoms with Gasteiger partial charge in [-0.1, -0.05) is 139 Å². The van der Waals surface area contributed by atoms with Gasteiger partial charge in [-0.3, -0.25) is 0 Å². The van der Waals surface area contributed by atoms with Gasteiger partial charge in [-0.2, -0.15) is 0 Å². The third kappa shape index (κ3) is 9.34.